The quantitative estimate of drug-likeness (QED) is 0.636. The van der Waals surface area contributed by atoms with Crippen LogP contribution in [0.4, 0.5) is 0 Å². The summed E-state index contributed by atoms with van der Waals surface area (Å²) in [6.07, 6.45) is 1.08. The predicted molar refractivity (Wildman–Crippen MR) is 50.6 cm³/mol. The number of rotatable bonds is 3. The van der Waals surface area contributed by atoms with Crippen LogP contribution in [-0.4, -0.2) is 21.8 Å². The van der Waals surface area contributed by atoms with Gasteiger partial charge in [-0.1, -0.05) is 23.2 Å². The second-order valence-corrected chi connectivity index (χ2v) is 3.29. The lowest BCUT2D eigenvalue weighted by Crippen LogP contribution is -2.15. The van der Waals surface area contributed by atoms with Crippen LogP contribution in [0.1, 0.15) is 5.56 Å². The Labute approximate surface area is 89.5 Å². The van der Waals surface area contributed by atoms with Crippen LogP contribution in [0.2, 0.25) is 10.2 Å². The lowest BCUT2D eigenvalue weighted by Gasteiger charge is -1.99. The van der Waals surface area contributed by atoms with Gasteiger partial charge >= 0.3 is 5.97 Å². The summed E-state index contributed by atoms with van der Waals surface area (Å²) in [4.78, 5) is 24.7. The molecule has 1 aromatic heterocycles. The Balaban J connectivity index is 2.83. The third-order valence-electron chi connectivity index (χ3n) is 1.46. The van der Waals surface area contributed by atoms with Gasteiger partial charge in [0.1, 0.15) is 5.15 Å². The summed E-state index contributed by atoms with van der Waals surface area (Å²) in [5.74, 6) is -2.39. The van der Waals surface area contributed by atoms with E-state index in [1.54, 1.807) is 0 Å². The largest absolute Gasteiger partial charge is 0.475 e. The number of Topliss-reactive ketones (excluding diaryl/α,β-unsaturated/α-hetero) is 1. The molecule has 0 saturated carbocycles. The van der Waals surface area contributed by atoms with Crippen molar-refractivity contribution in [1.82, 2.24) is 4.98 Å². The predicted octanol–water partition coefficient (Wildman–Crippen LogP) is 1.58. The van der Waals surface area contributed by atoms with Gasteiger partial charge in [0.2, 0.25) is 5.78 Å². The first-order chi connectivity index (χ1) is 6.50. The van der Waals surface area contributed by atoms with Crippen molar-refractivity contribution in [1.29, 1.82) is 0 Å². The topological polar surface area (TPSA) is 67.3 Å². The molecule has 1 heterocycles. The fraction of sp³-hybridized carbons (Fsp3) is 0.125. The number of hydrogen-bond acceptors (Lipinski definition) is 3. The minimum Gasteiger partial charge on any atom is -0.475 e. The molecule has 74 valence electrons. The minimum absolute atomic E-state index is 0.123. The fourth-order valence-corrected chi connectivity index (χ4v) is 1.11. The van der Waals surface area contributed by atoms with E-state index in [9.17, 15) is 9.59 Å². The molecule has 1 aromatic rings. The van der Waals surface area contributed by atoms with Crippen molar-refractivity contribution in [3.8, 4) is 0 Å². The van der Waals surface area contributed by atoms with Crippen LogP contribution in [0.25, 0.3) is 0 Å². The first kappa shape index (κ1) is 10.9. The third-order valence-corrected chi connectivity index (χ3v) is 2.14. The van der Waals surface area contributed by atoms with Crippen molar-refractivity contribution >= 4 is 35.0 Å². The van der Waals surface area contributed by atoms with Crippen molar-refractivity contribution in [3.63, 3.8) is 0 Å². The SMILES string of the molecule is O=C(O)C(=O)Cc1cnc(Cl)c(Cl)c1. The molecule has 6 heteroatoms. The van der Waals surface area contributed by atoms with Crippen molar-refractivity contribution in [2.75, 3.05) is 0 Å². The zero-order valence-corrected chi connectivity index (χ0v) is 8.34. The Morgan fingerprint density at radius 3 is 2.57 bits per heavy atom. The molecule has 1 N–H and O–H groups in total. The van der Waals surface area contributed by atoms with Gasteiger partial charge in [0.15, 0.2) is 0 Å². The normalized spacial score (nSPS) is 9.86. The summed E-state index contributed by atoms with van der Waals surface area (Å²) >= 11 is 11.2. The van der Waals surface area contributed by atoms with E-state index >= 15 is 0 Å². The summed E-state index contributed by atoms with van der Waals surface area (Å²) < 4.78 is 0. The summed E-state index contributed by atoms with van der Waals surface area (Å²) in [7, 11) is 0. The van der Waals surface area contributed by atoms with E-state index in [-0.39, 0.29) is 16.6 Å². The van der Waals surface area contributed by atoms with Gasteiger partial charge in [-0.2, -0.15) is 0 Å². The molecule has 0 radical (unpaired) electrons. The summed E-state index contributed by atoms with van der Waals surface area (Å²) in [6, 6.07) is 1.41. The van der Waals surface area contributed by atoms with Gasteiger partial charge in [-0.05, 0) is 11.6 Å². The highest BCUT2D eigenvalue weighted by molar-refractivity contribution is 6.41. The van der Waals surface area contributed by atoms with Crippen molar-refractivity contribution in [3.05, 3.63) is 28.0 Å². The zero-order chi connectivity index (χ0) is 10.7. The van der Waals surface area contributed by atoms with Crippen LogP contribution in [0, 0.1) is 0 Å². The third kappa shape index (κ3) is 2.68. The van der Waals surface area contributed by atoms with Gasteiger partial charge in [-0.3, -0.25) is 4.79 Å². The summed E-state index contributed by atoms with van der Waals surface area (Å²) in [5.41, 5.74) is 0.423. The average Bonchev–Trinajstić information content (AvgIpc) is 2.11. The molecular weight excluding hydrogens is 229 g/mol. The molecule has 1 rings (SSSR count). The van der Waals surface area contributed by atoms with Crippen molar-refractivity contribution < 1.29 is 14.7 Å². The zero-order valence-electron chi connectivity index (χ0n) is 6.83. The molecule has 0 spiro atoms. The molecule has 4 nitrogen and oxygen atoms in total. The fourth-order valence-electron chi connectivity index (χ4n) is 0.819. The lowest BCUT2D eigenvalue weighted by atomic mass is 10.1. The molecule has 0 aliphatic heterocycles. The molecule has 0 amide bonds. The van der Waals surface area contributed by atoms with E-state index in [0.717, 1.165) is 0 Å². The number of ketones is 1. The van der Waals surface area contributed by atoms with Crippen LogP contribution in [0.15, 0.2) is 12.3 Å². The summed E-state index contributed by atoms with van der Waals surface area (Å²) in [5, 5.41) is 8.66. The van der Waals surface area contributed by atoms with Crippen molar-refractivity contribution in [2.24, 2.45) is 0 Å². The number of aromatic nitrogens is 1. The number of carbonyl (C=O) groups excluding carboxylic acids is 1. The first-order valence-electron chi connectivity index (χ1n) is 3.56. The van der Waals surface area contributed by atoms with Gasteiger partial charge in [-0.25, -0.2) is 9.78 Å². The van der Waals surface area contributed by atoms with Crippen LogP contribution in [0.5, 0.6) is 0 Å². The molecule has 14 heavy (non-hydrogen) atoms. The van der Waals surface area contributed by atoms with Crippen LogP contribution in [0.3, 0.4) is 0 Å². The second kappa shape index (κ2) is 4.39. The number of carboxylic acid groups (broad SMARTS) is 1. The van der Waals surface area contributed by atoms with E-state index in [4.69, 9.17) is 28.3 Å². The Morgan fingerprint density at radius 2 is 2.07 bits per heavy atom. The van der Waals surface area contributed by atoms with Gasteiger partial charge in [0.05, 0.1) is 5.02 Å². The van der Waals surface area contributed by atoms with E-state index in [0.29, 0.717) is 5.56 Å². The Bertz CT molecular complexity index is 392. The first-order valence-corrected chi connectivity index (χ1v) is 4.32. The second-order valence-electron chi connectivity index (χ2n) is 2.52. The number of aliphatic carboxylic acids is 1. The maximum absolute atomic E-state index is 10.8. The van der Waals surface area contributed by atoms with E-state index in [1.165, 1.54) is 12.3 Å². The van der Waals surface area contributed by atoms with E-state index < -0.39 is 11.8 Å². The molecule has 0 aliphatic rings. The van der Waals surface area contributed by atoms with Gasteiger partial charge in [0.25, 0.3) is 0 Å². The Hall–Kier alpha value is -1.13. The van der Waals surface area contributed by atoms with Gasteiger partial charge in [0, 0.05) is 12.6 Å². The van der Waals surface area contributed by atoms with Gasteiger partial charge < -0.3 is 5.11 Å². The maximum atomic E-state index is 10.8. The monoisotopic (exact) mass is 233 g/mol. The number of pyridine rings is 1. The maximum Gasteiger partial charge on any atom is 0.372 e. The molecule has 0 atom stereocenters. The average molecular weight is 234 g/mol. The molecule has 0 aromatic carbocycles. The highest BCUT2D eigenvalue weighted by Gasteiger charge is 2.13. The van der Waals surface area contributed by atoms with Crippen LogP contribution >= 0.6 is 23.2 Å². The van der Waals surface area contributed by atoms with E-state index in [1.807, 2.05) is 0 Å². The van der Waals surface area contributed by atoms with Crippen LogP contribution in [-0.2, 0) is 16.0 Å². The summed E-state index contributed by atoms with van der Waals surface area (Å²) in [6.45, 7) is 0. The lowest BCUT2D eigenvalue weighted by molar-refractivity contribution is -0.148. The van der Waals surface area contributed by atoms with Gasteiger partial charge in [-0.15, -0.1) is 0 Å². The highest BCUT2D eigenvalue weighted by Crippen LogP contribution is 2.19. The molecule has 0 saturated heterocycles. The Morgan fingerprint density at radius 1 is 1.43 bits per heavy atom. The molecule has 0 bridgehead atoms. The smallest absolute Gasteiger partial charge is 0.372 e. The molecule has 0 fully saturated rings. The number of hydrogen-bond donors (Lipinski definition) is 1. The standard InChI is InChI=1S/C8H5Cl2NO3/c9-5-1-4(3-11-7(5)10)2-6(12)8(13)14/h1,3H,2H2,(H,13,14). The number of nitrogens with zero attached hydrogens (tertiary/aromatic N) is 1. The minimum atomic E-state index is -1.48. The number of halogens is 2. The van der Waals surface area contributed by atoms with Crippen LogP contribution < -0.4 is 0 Å². The highest BCUT2D eigenvalue weighted by atomic mass is 35.5. The van der Waals surface area contributed by atoms with Crippen molar-refractivity contribution in [2.45, 2.75) is 6.42 Å². The molecule has 0 aliphatic carbocycles. The number of carbonyl (C=O) groups is 2. The molecule has 0 unspecified atom stereocenters. The Kier molecular flexibility index (Phi) is 3.43. The molecular formula is C8H5Cl2NO3. The van der Waals surface area contributed by atoms with E-state index in [2.05, 4.69) is 4.98 Å². The number of carboxylic acids is 1.